The molecule has 0 fully saturated rings. The largest absolute Gasteiger partial charge is 0.356 e. The van der Waals surface area contributed by atoms with Gasteiger partial charge >= 0.3 is 6.03 Å². The highest BCUT2D eigenvalue weighted by molar-refractivity contribution is 6.04. The van der Waals surface area contributed by atoms with Crippen LogP contribution in [0.25, 0.3) is 0 Å². The Bertz CT molecular complexity index is 760. The summed E-state index contributed by atoms with van der Waals surface area (Å²) in [5.41, 5.74) is 1.96. The summed E-state index contributed by atoms with van der Waals surface area (Å²) in [6, 6.07) is 10.4. The molecule has 1 aromatic heterocycles. The average molecular weight is 310 g/mol. The van der Waals surface area contributed by atoms with Crippen molar-refractivity contribution in [3.05, 3.63) is 48.2 Å². The van der Waals surface area contributed by atoms with Gasteiger partial charge in [-0.2, -0.15) is 0 Å². The summed E-state index contributed by atoms with van der Waals surface area (Å²) < 4.78 is 0. The fourth-order valence-electron chi connectivity index (χ4n) is 2.59. The van der Waals surface area contributed by atoms with Crippen molar-refractivity contribution in [1.29, 1.82) is 0 Å². The average Bonchev–Trinajstić information content (AvgIpc) is 2.55. The first-order valence-electron chi connectivity index (χ1n) is 7.42. The van der Waals surface area contributed by atoms with Crippen molar-refractivity contribution in [2.75, 3.05) is 35.3 Å². The number of carbonyl (C=O) groups excluding carboxylic acids is 2. The van der Waals surface area contributed by atoms with Crippen LogP contribution in [0.2, 0.25) is 0 Å². The molecule has 2 heterocycles. The lowest BCUT2D eigenvalue weighted by Crippen LogP contribution is -2.45. The number of likely N-dealkylation sites (N-methyl/N-ethyl adjacent to an activating group) is 1. The van der Waals surface area contributed by atoms with E-state index in [9.17, 15) is 9.59 Å². The second-order valence-corrected chi connectivity index (χ2v) is 5.49. The smallest absolute Gasteiger partial charge is 0.326 e. The zero-order valence-corrected chi connectivity index (χ0v) is 13.1. The normalized spacial score (nSPS) is 13.5. The fourth-order valence-corrected chi connectivity index (χ4v) is 2.59. The van der Waals surface area contributed by atoms with Crippen LogP contribution >= 0.6 is 0 Å². The Kier molecular flexibility index (Phi) is 3.97. The van der Waals surface area contributed by atoms with Crippen molar-refractivity contribution in [2.45, 2.75) is 6.92 Å². The maximum atomic E-state index is 12.6. The number of rotatable bonds is 2. The van der Waals surface area contributed by atoms with Gasteiger partial charge in [-0.3, -0.25) is 9.69 Å². The number of hydrogen-bond acceptors (Lipinski definition) is 4. The van der Waals surface area contributed by atoms with Gasteiger partial charge in [-0.1, -0.05) is 12.1 Å². The lowest BCUT2D eigenvalue weighted by Gasteiger charge is -2.34. The molecule has 0 unspecified atom stereocenters. The molecule has 6 nitrogen and oxygen atoms in total. The highest BCUT2D eigenvalue weighted by atomic mass is 16.2. The topological polar surface area (TPSA) is 65.5 Å². The zero-order chi connectivity index (χ0) is 16.4. The van der Waals surface area contributed by atoms with Gasteiger partial charge in [-0.25, -0.2) is 9.78 Å². The predicted molar refractivity (Wildman–Crippen MR) is 90.3 cm³/mol. The molecule has 0 bridgehead atoms. The number of amides is 2. The number of fused-ring (bicyclic) bond motifs is 1. The molecule has 1 aliphatic rings. The Morgan fingerprint density at radius 1 is 1.17 bits per heavy atom. The van der Waals surface area contributed by atoms with E-state index in [1.807, 2.05) is 24.1 Å². The molecule has 118 valence electrons. The number of nitrogens with zero attached hydrogens (tertiary/aromatic N) is 3. The van der Waals surface area contributed by atoms with E-state index in [-0.39, 0.29) is 11.8 Å². The number of ketones is 1. The van der Waals surface area contributed by atoms with E-state index in [1.165, 1.54) is 6.92 Å². The molecule has 2 amide bonds. The number of Topliss-reactive ketones (excluding diaryl/α,β-unsaturated/α-hetero) is 1. The molecule has 6 heteroatoms. The predicted octanol–water partition coefficient (Wildman–Crippen LogP) is 2.77. The molecule has 2 aromatic rings. The summed E-state index contributed by atoms with van der Waals surface area (Å²) in [4.78, 5) is 32.1. The number of hydrogen-bond donors (Lipinski definition) is 1. The maximum Gasteiger partial charge on any atom is 0.326 e. The number of benzene rings is 1. The van der Waals surface area contributed by atoms with Gasteiger partial charge in [-0.15, -0.1) is 0 Å². The number of anilines is 3. The van der Waals surface area contributed by atoms with Gasteiger partial charge in [0.1, 0.15) is 0 Å². The second kappa shape index (κ2) is 6.08. The van der Waals surface area contributed by atoms with Crippen LogP contribution in [0.3, 0.4) is 0 Å². The first-order valence-corrected chi connectivity index (χ1v) is 7.42. The lowest BCUT2D eigenvalue weighted by atomic mass is 10.1. The number of pyridine rings is 1. The van der Waals surface area contributed by atoms with Crippen molar-refractivity contribution in [3.8, 4) is 0 Å². The quantitative estimate of drug-likeness (QED) is 0.866. The van der Waals surface area contributed by atoms with Crippen molar-refractivity contribution >= 4 is 29.0 Å². The number of aromatic nitrogens is 1. The van der Waals surface area contributed by atoms with Crippen LogP contribution in [0.5, 0.6) is 0 Å². The van der Waals surface area contributed by atoms with Crippen LogP contribution in [0.4, 0.5) is 22.0 Å². The Morgan fingerprint density at radius 3 is 2.78 bits per heavy atom. The number of carbonyl (C=O) groups is 2. The number of nitrogens with one attached hydrogen (secondary N) is 1. The van der Waals surface area contributed by atoms with Crippen molar-refractivity contribution < 1.29 is 9.59 Å². The second-order valence-electron chi connectivity index (χ2n) is 5.49. The monoisotopic (exact) mass is 310 g/mol. The Labute approximate surface area is 134 Å². The summed E-state index contributed by atoms with van der Waals surface area (Å²) in [6.07, 6.45) is 1.72. The van der Waals surface area contributed by atoms with Gasteiger partial charge in [0.25, 0.3) is 0 Å². The summed E-state index contributed by atoms with van der Waals surface area (Å²) in [5.74, 6) is 0.752. The highest BCUT2D eigenvalue weighted by Crippen LogP contribution is 2.29. The summed E-state index contributed by atoms with van der Waals surface area (Å²) in [5, 5.41) is 2.85. The molecule has 0 radical (unpaired) electrons. The van der Waals surface area contributed by atoms with Crippen molar-refractivity contribution in [2.24, 2.45) is 0 Å². The molecule has 23 heavy (non-hydrogen) atoms. The highest BCUT2D eigenvalue weighted by Gasteiger charge is 2.25. The lowest BCUT2D eigenvalue weighted by molar-refractivity contribution is 0.101. The molecule has 1 aromatic carbocycles. The summed E-state index contributed by atoms with van der Waals surface area (Å²) in [6.45, 7) is 2.79. The zero-order valence-electron chi connectivity index (χ0n) is 13.1. The summed E-state index contributed by atoms with van der Waals surface area (Å²) >= 11 is 0. The van der Waals surface area contributed by atoms with Crippen molar-refractivity contribution in [3.63, 3.8) is 0 Å². The molecule has 3 rings (SSSR count). The third kappa shape index (κ3) is 3.01. The first kappa shape index (κ1) is 15.0. The molecular formula is C17H18N4O2. The molecule has 1 aliphatic heterocycles. The minimum absolute atomic E-state index is 0.0322. The van der Waals surface area contributed by atoms with Gasteiger partial charge in [0.05, 0.1) is 5.69 Å². The molecular weight excluding hydrogens is 292 g/mol. The number of urea groups is 1. The Hall–Kier alpha value is -2.89. The van der Waals surface area contributed by atoms with E-state index >= 15 is 0 Å². The van der Waals surface area contributed by atoms with Gasteiger partial charge in [0, 0.05) is 37.6 Å². The fraction of sp³-hybridized carbons (Fsp3) is 0.235. The molecule has 0 saturated heterocycles. The van der Waals surface area contributed by atoms with Crippen LogP contribution in [0.15, 0.2) is 42.6 Å². The summed E-state index contributed by atoms with van der Waals surface area (Å²) in [7, 11) is 1.96. The molecule has 0 atom stereocenters. The van der Waals surface area contributed by atoms with E-state index < -0.39 is 0 Å². The molecule has 0 saturated carbocycles. The maximum absolute atomic E-state index is 12.6. The molecule has 0 spiro atoms. The molecule has 1 N–H and O–H groups in total. The van der Waals surface area contributed by atoms with Crippen LogP contribution in [-0.4, -0.2) is 36.9 Å². The van der Waals surface area contributed by atoms with Gasteiger partial charge in [0.2, 0.25) is 0 Å². The van der Waals surface area contributed by atoms with Gasteiger partial charge < -0.3 is 10.2 Å². The van der Waals surface area contributed by atoms with E-state index in [1.54, 1.807) is 35.4 Å². The van der Waals surface area contributed by atoms with Gasteiger partial charge in [0.15, 0.2) is 11.6 Å². The van der Waals surface area contributed by atoms with E-state index in [2.05, 4.69) is 10.3 Å². The third-order valence-electron chi connectivity index (χ3n) is 3.84. The SMILES string of the molecule is CC(=O)c1cccc(NC(=O)N2CCN(C)c3ncccc32)c1. The van der Waals surface area contributed by atoms with E-state index in [4.69, 9.17) is 0 Å². The van der Waals surface area contributed by atoms with Gasteiger partial charge in [-0.05, 0) is 31.2 Å². The van der Waals surface area contributed by atoms with Crippen LogP contribution in [0, 0.1) is 0 Å². The molecule has 0 aliphatic carbocycles. The Morgan fingerprint density at radius 2 is 2.00 bits per heavy atom. The minimum Gasteiger partial charge on any atom is -0.356 e. The van der Waals surface area contributed by atoms with E-state index in [0.717, 1.165) is 11.5 Å². The Balaban J connectivity index is 1.83. The van der Waals surface area contributed by atoms with Crippen LogP contribution < -0.4 is 15.1 Å². The first-order chi connectivity index (χ1) is 11.1. The third-order valence-corrected chi connectivity index (χ3v) is 3.84. The van der Waals surface area contributed by atoms with Crippen LogP contribution in [0.1, 0.15) is 17.3 Å². The van der Waals surface area contributed by atoms with Crippen LogP contribution in [-0.2, 0) is 0 Å². The van der Waals surface area contributed by atoms with Crippen molar-refractivity contribution in [1.82, 2.24) is 4.98 Å². The van der Waals surface area contributed by atoms with E-state index in [0.29, 0.717) is 24.3 Å². The minimum atomic E-state index is -0.229. The standard InChI is InChI=1S/C17H18N4O2/c1-12(22)13-5-3-6-14(11-13)19-17(23)21-10-9-20(2)16-15(21)7-4-8-18-16/h3-8,11H,9-10H2,1-2H3,(H,19,23).